The Balaban J connectivity index is 1.99. The van der Waals surface area contributed by atoms with E-state index in [1.54, 1.807) is 31.4 Å². The molecule has 5 nitrogen and oxygen atoms in total. The van der Waals surface area contributed by atoms with Crippen LogP contribution in [-0.2, 0) is 15.9 Å². The number of esters is 1. The summed E-state index contributed by atoms with van der Waals surface area (Å²) in [6.45, 7) is 3.90. The van der Waals surface area contributed by atoms with Crippen LogP contribution in [0.5, 0.6) is 5.75 Å². The highest BCUT2D eigenvalue weighted by Gasteiger charge is 2.15. The number of benzene rings is 2. The third-order valence-corrected chi connectivity index (χ3v) is 4.62. The minimum atomic E-state index is -1.32. The van der Waals surface area contributed by atoms with Crippen molar-refractivity contribution >= 4 is 22.8 Å². The predicted molar refractivity (Wildman–Crippen MR) is 94.8 cm³/mol. The summed E-state index contributed by atoms with van der Waals surface area (Å²) in [5.74, 6) is 0.537. The van der Waals surface area contributed by atoms with E-state index < -0.39 is 17.1 Å². The molecule has 0 aliphatic heterocycles. The van der Waals surface area contributed by atoms with E-state index in [0.29, 0.717) is 16.2 Å². The number of rotatable bonds is 7. The van der Waals surface area contributed by atoms with Crippen LogP contribution in [0.1, 0.15) is 10.4 Å². The molecule has 24 heavy (non-hydrogen) atoms. The number of hydrogen-bond donors (Lipinski definition) is 1. The van der Waals surface area contributed by atoms with Crippen LogP contribution in [0.2, 0.25) is 0 Å². The number of hydrogen-bond acceptors (Lipinski definition) is 5. The summed E-state index contributed by atoms with van der Waals surface area (Å²) < 4.78 is 22.2. The normalized spacial score (nSPS) is 11.5. The zero-order valence-corrected chi connectivity index (χ0v) is 14.4. The molecule has 0 aromatic heterocycles. The highest BCUT2D eigenvalue weighted by Crippen LogP contribution is 2.19. The van der Waals surface area contributed by atoms with Crippen molar-refractivity contribution in [2.45, 2.75) is 4.90 Å². The molecule has 0 bridgehead atoms. The zero-order chi connectivity index (χ0) is 17.5. The Bertz CT molecular complexity index is 715. The summed E-state index contributed by atoms with van der Waals surface area (Å²) in [5, 5.41) is 3.11. The first kappa shape index (κ1) is 17.9. The van der Waals surface area contributed by atoms with Crippen molar-refractivity contribution in [1.29, 1.82) is 0 Å². The van der Waals surface area contributed by atoms with Gasteiger partial charge >= 0.3 is 5.97 Å². The van der Waals surface area contributed by atoms with Crippen molar-refractivity contribution in [1.82, 2.24) is 0 Å². The third kappa shape index (κ3) is 4.78. The first-order chi connectivity index (χ1) is 11.5. The van der Waals surface area contributed by atoms with Gasteiger partial charge in [-0.1, -0.05) is 12.6 Å². The standard InChI is InChI=1S/C18H19NO4S/c1-13(19-15-7-9-16(22-2)10-8-15)12-24(21)17-6-4-5-14(11-17)18(20)23-3/h4-11,19H,1,12H2,2-3H3. The van der Waals surface area contributed by atoms with Gasteiger partial charge in [0.15, 0.2) is 4.90 Å². The Morgan fingerprint density at radius 3 is 2.54 bits per heavy atom. The Kier molecular flexibility index (Phi) is 6.28. The maximum Gasteiger partial charge on any atom is 0.338 e. The van der Waals surface area contributed by atoms with Gasteiger partial charge in [-0.3, -0.25) is 0 Å². The lowest BCUT2D eigenvalue weighted by Gasteiger charge is -2.14. The van der Waals surface area contributed by atoms with Gasteiger partial charge in [-0.25, -0.2) is 4.79 Å². The molecule has 6 heteroatoms. The third-order valence-electron chi connectivity index (χ3n) is 3.23. The molecule has 126 valence electrons. The molecule has 0 saturated carbocycles. The molecule has 1 unspecified atom stereocenters. The maximum absolute atomic E-state index is 12.4. The van der Waals surface area contributed by atoms with E-state index in [0.717, 1.165) is 11.4 Å². The number of carbonyl (C=O) groups is 1. The molecule has 0 spiro atoms. The summed E-state index contributed by atoms with van der Waals surface area (Å²) in [6, 6.07) is 13.9. The number of nitrogens with one attached hydrogen (secondary N) is 1. The second-order valence-electron chi connectivity index (χ2n) is 4.97. The first-order valence-corrected chi connectivity index (χ1v) is 8.51. The Hall–Kier alpha value is -2.44. The molecule has 2 aromatic carbocycles. The fourth-order valence-corrected chi connectivity index (χ4v) is 3.08. The maximum atomic E-state index is 12.4. The molecule has 0 amide bonds. The SMILES string of the molecule is C=C(C[S+]([O-])c1cccc(C(=O)OC)c1)Nc1ccc(OC)cc1. The number of ether oxygens (including phenoxy) is 2. The molecular weight excluding hydrogens is 326 g/mol. The van der Waals surface area contributed by atoms with Crippen molar-refractivity contribution < 1.29 is 18.8 Å². The monoisotopic (exact) mass is 345 g/mol. The fraction of sp³-hybridized carbons (Fsp3) is 0.167. The molecule has 0 saturated heterocycles. The van der Waals surface area contributed by atoms with Crippen molar-refractivity contribution in [3.05, 3.63) is 66.4 Å². The summed E-state index contributed by atoms with van der Waals surface area (Å²) in [6.07, 6.45) is 0. The smallest absolute Gasteiger partial charge is 0.338 e. The quantitative estimate of drug-likeness (QED) is 0.616. The molecule has 2 aromatic rings. The second kappa shape index (κ2) is 8.42. The molecular formula is C18H19NO4S. The Morgan fingerprint density at radius 1 is 1.21 bits per heavy atom. The Morgan fingerprint density at radius 2 is 1.92 bits per heavy atom. The molecule has 1 N–H and O–H groups in total. The van der Waals surface area contributed by atoms with Crippen LogP contribution in [0.3, 0.4) is 0 Å². The molecule has 0 fully saturated rings. The predicted octanol–water partition coefficient (Wildman–Crippen LogP) is 3.22. The van der Waals surface area contributed by atoms with Gasteiger partial charge in [-0.15, -0.1) is 0 Å². The van der Waals surface area contributed by atoms with Gasteiger partial charge in [-0.05, 0) is 47.6 Å². The van der Waals surface area contributed by atoms with E-state index in [9.17, 15) is 9.35 Å². The fourth-order valence-electron chi connectivity index (χ4n) is 2.04. The van der Waals surface area contributed by atoms with Gasteiger partial charge < -0.3 is 19.3 Å². The molecule has 0 radical (unpaired) electrons. The van der Waals surface area contributed by atoms with Crippen LogP contribution in [-0.4, -0.2) is 30.5 Å². The van der Waals surface area contributed by atoms with Gasteiger partial charge in [0.05, 0.1) is 25.5 Å². The van der Waals surface area contributed by atoms with Crippen molar-refractivity contribution in [3.8, 4) is 5.75 Å². The molecule has 0 heterocycles. The minimum Gasteiger partial charge on any atom is -0.611 e. The van der Waals surface area contributed by atoms with E-state index >= 15 is 0 Å². The lowest BCUT2D eigenvalue weighted by atomic mass is 10.2. The lowest BCUT2D eigenvalue weighted by Crippen LogP contribution is -2.14. The molecule has 0 aliphatic rings. The lowest BCUT2D eigenvalue weighted by molar-refractivity contribution is 0.0600. The van der Waals surface area contributed by atoms with Crippen molar-refractivity contribution in [3.63, 3.8) is 0 Å². The Labute approximate surface area is 144 Å². The van der Waals surface area contributed by atoms with Gasteiger partial charge in [-0.2, -0.15) is 0 Å². The van der Waals surface area contributed by atoms with Crippen LogP contribution in [0, 0.1) is 0 Å². The number of anilines is 1. The summed E-state index contributed by atoms with van der Waals surface area (Å²) in [7, 11) is 2.92. The second-order valence-corrected chi connectivity index (χ2v) is 6.42. The summed E-state index contributed by atoms with van der Waals surface area (Å²) >= 11 is -1.32. The van der Waals surface area contributed by atoms with Crippen LogP contribution in [0.15, 0.2) is 65.7 Å². The van der Waals surface area contributed by atoms with Crippen LogP contribution >= 0.6 is 0 Å². The van der Waals surface area contributed by atoms with E-state index in [4.69, 9.17) is 4.74 Å². The van der Waals surface area contributed by atoms with Crippen LogP contribution in [0.25, 0.3) is 0 Å². The topological polar surface area (TPSA) is 70.6 Å². The molecule has 2 rings (SSSR count). The highest BCUT2D eigenvalue weighted by molar-refractivity contribution is 7.91. The van der Waals surface area contributed by atoms with E-state index in [2.05, 4.69) is 16.6 Å². The number of methoxy groups -OCH3 is 2. The van der Waals surface area contributed by atoms with Crippen molar-refractivity contribution in [2.75, 3.05) is 25.3 Å². The largest absolute Gasteiger partial charge is 0.611 e. The van der Waals surface area contributed by atoms with Gasteiger partial charge in [0, 0.05) is 11.8 Å². The van der Waals surface area contributed by atoms with E-state index in [-0.39, 0.29) is 5.75 Å². The average molecular weight is 345 g/mol. The van der Waals surface area contributed by atoms with Crippen molar-refractivity contribution in [2.24, 2.45) is 0 Å². The number of carbonyl (C=O) groups excluding carboxylic acids is 1. The minimum absolute atomic E-state index is 0.233. The highest BCUT2D eigenvalue weighted by atomic mass is 32.2. The zero-order valence-electron chi connectivity index (χ0n) is 13.6. The molecule has 1 atom stereocenters. The summed E-state index contributed by atoms with van der Waals surface area (Å²) in [4.78, 5) is 12.1. The molecule has 0 aliphatic carbocycles. The van der Waals surface area contributed by atoms with E-state index in [1.807, 2.05) is 24.3 Å². The van der Waals surface area contributed by atoms with E-state index in [1.165, 1.54) is 7.11 Å². The first-order valence-electron chi connectivity index (χ1n) is 7.19. The average Bonchev–Trinajstić information content (AvgIpc) is 2.61. The van der Waals surface area contributed by atoms with Gasteiger partial charge in [0.25, 0.3) is 0 Å². The summed E-state index contributed by atoms with van der Waals surface area (Å²) in [5.41, 5.74) is 1.82. The van der Waals surface area contributed by atoms with Gasteiger partial charge in [0.2, 0.25) is 0 Å². The van der Waals surface area contributed by atoms with Crippen LogP contribution in [0.4, 0.5) is 5.69 Å². The van der Waals surface area contributed by atoms with Gasteiger partial charge in [0.1, 0.15) is 11.5 Å². The van der Waals surface area contributed by atoms with Crippen LogP contribution < -0.4 is 10.1 Å².